The van der Waals surface area contributed by atoms with E-state index >= 15 is 0 Å². The lowest BCUT2D eigenvalue weighted by Crippen LogP contribution is -2.47. The fraction of sp³-hybridized carbons (Fsp3) is 0.333. The first-order valence-electron chi connectivity index (χ1n) is 10.9. The van der Waals surface area contributed by atoms with Gasteiger partial charge in [0.25, 0.3) is 0 Å². The molecule has 0 saturated heterocycles. The van der Waals surface area contributed by atoms with Gasteiger partial charge in [-0.05, 0) is 42.3 Å². The van der Waals surface area contributed by atoms with Gasteiger partial charge in [-0.3, -0.25) is 14.6 Å². The molecule has 10 nitrogen and oxygen atoms in total. The topological polar surface area (TPSA) is 124 Å². The van der Waals surface area contributed by atoms with Gasteiger partial charge >= 0.3 is 5.97 Å². The number of benzene rings is 2. The number of aliphatic imine (C=N–C) groups is 1. The van der Waals surface area contributed by atoms with Crippen molar-refractivity contribution in [2.75, 3.05) is 46.2 Å². The third-order valence-corrected chi connectivity index (χ3v) is 5.57. The molecule has 1 aliphatic heterocycles. The van der Waals surface area contributed by atoms with Crippen LogP contribution in [-0.2, 0) is 16.0 Å². The van der Waals surface area contributed by atoms with Gasteiger partial charge in [-0.2, -0.15) is 0 Å². The van der Waals surface area contributed by atoms with Gasteiger partial charge in [0.2, 0.25) is 11.8 Å². The fourth-order valence-corrected chi connectivity index (χ4v) is 3.99. The number of nitrogens with one attached hydrogen (secondary N) is 2. The molecule has 0 bridgehead atoms. The standard InChI is InChI=1S/C24H28ClN5O5/c1-29(2)28-21-13-30(14-22(31)27-19-7-5-4-6-18(19)24(33)34)23(32)16(12-26-21)10-15-11-17(25)8-9-20(15)35-3/h4-9,11,16H,10,12-14H2,1-3H3,(H,26,28)(H,27,31)(H,33,34)/t16-/m1/s1. The van der Waals surface area contributed by atoms with Crippen molar-refractivity contribution in [2.24, 2.45) is 10.9 Å². The Morgan fingerprint density at radius 2 is 2.00 bits per heavy atom. The predicted octanol–water partition coefficient (Wildman–Crippen LogP) is 2.15. The minimum atomic E-state index is -1.16. The zero-order chi connectivity index (χ0) is 25.5. The summed E-state index contributed by atoms with van der Waals surface area (Å²) in [6.07, 6.45) is 0.321. The Hall–Kier alpha value is -3.63. The molecule has 0 unspecified atom stereocenters. The number of rotatable bonds is 8. The number of hydrogen-bond acceptors (Lipinski definition) is 7. The Morgan fingerprint density at radius 3 is 2.69 bits per heavy atom. The molecule has 35 heavy (non-hydrogen) atoms. The van der Waals surface area contributed by atoms with Gasteiger partial charge in [0, 0.05) is 19.1 Å². The maximum Gasteiger partial charge on any atom is 0.337 e. The zero-order valence-electron chi connectivity index (χ0n) is 19.7. The third kappa shape index (κ3) is 6.93. The van der Waals surface area contributed by atoms with E-state index in [1.807, 2.05) is 0 Å². The quantitative estimate of drug-likeness (QED) is 0.473. The lowest BCUT2D eigenvalue weighted by atomic mass is 9.97. The Bertz CT molecular complexity index is 1140. The number of carboxylic acid groups (broad SMARTS) is 1. The molecule has 0 fully saturated rings. The first kappa shape index (κ1) is 26.0. The first-order chi connectivity index (χ1) is 16.7. The number of hydrazine groups is 1. The largest absolute Gasteiger partial charge is 0.496 e. The van der Waals surface area contributed by atoms with Crippen molar-refractivity contribution < 1.29 is 24.2 Å². The summed E-state index contributed by atoms with van der Waals surface area (Å²) < 4.78 is 5.42. The van der Waals surface area contributed by atoms with Gasteiger partial charge in [-0.1, -0.05) is 23.7 Å². The Morgan fingerprint density at radius 1 is 1.26 bits per heavy atom. The predicted molar refractivity (Wildman–Crippen MR) is 133 cm³/mol. The summed E-state index contributed by atoms with van der Waals surface area (Å²) in [6.45, 7) is 0.0307. The molecule has 2 aromatic carbocycles. The number of amidine groups is 1. The van der Waals surface area contributed by atoms with Gasteiger partial charge < -0.3 is 25.5 Å². The van der Waals surface area contributed by atoms with E-state index < -0.39 is 17.8 Å². The van der Waals surface area contributed by atoms with Crippen LogP contribution in [0.2, 0.25) is 5.02 Å². The molecule has 11 heteroatoms. The number of ether oxygens (including phenoxy) is 1. The Kier molecular flexibility index (Phi) is 8.67. The Labute approximate surface area is 208 Å². The summed E-state index contributed by atoms with van der Waals surface area (Å²) in [4.78, 5) is 43.8. The van der Waals surface area contributed by atoms with Crippen LogP contribution in [0.3, 0.4) is 0 Å². The summed E-state index contributed by atoms with van der Waals surface area (Å²) in [7, 11) is 5.14. The van der Waals surface area contributed by atoms with Crippen LogP contribution in [0.5, 0.6) is 5.75 Å². The lowest BCUT2D eigenvalue weighted by molar-refractivity contribution is -0.137. The molecule has 186 valence electrons. The Balaban J connectivity index is 1.83. The molecule has 0 aliphatic carbocycles. The van der Waals surface area contributed by atoms with Crippen molar-refractivity contribution in [2.45, 2.75) is 6.42 Å². The second-order valence-electron chi connectivity index (χ2n) is 8.24. The highest BCUT2D eigenvalue weighted by molar-refractivity contribution is 6.30. The summed E-state index contributed by atoms with van der Waals surface area (Å²) in [5, 5.41) is 14.2. The van der Waals surface area contributed by atoms with E-state index in [1.165, 1.54) is 17.0 Å². The molecular weight excluding hydrogens is 474 g/mol. The minimum Gasteiger partial charge on any atom is -0.496 e. The first-order valence-corrected chi connectivity index (χ1v) is 11.3. The third-order valence-electron chi connectivity index (χ3n) is 5.33. The summed E-state index contributed by atoms with van der Waals surface area (Å²) in [6, 6.07) is 11.3. The average Bonchev–Trinajstić information content (AvgIpc) is 2.93. The maximum atomic E-state index is 13.5. The normalized spacial score (nSPS) is 15.9. The molecule has 3 N–H and O–H groups in total. The van der Waals surface area contributed by atoms with Crippen LogP contribution in [-0.4, -0.2) is 79.5 Å². The number of halogens is 1. The van der Waals surface area contributed by atoms with E-state index in [9.17, 15) is 19.5 Å². The van der Waals surface area contributed by atoms with Crippen LogP contribution in [0.15, 0.2) is 47.5 Å². The number of hydrogen-bond donors (Lipinski definition) is 3. The number of aromatic carboxylic acids is 1. The number of carbonyl (C=O) groups is 3. The van der Waals surface area contributed by atoms with E-state index in [0.29, 0.717) is 23.0 Å². The summed E-state index contributed by atoms with van der Waals surface area (Å²) >= 11 is 6.16. The second kappa shape index (κ2) is 11.7. The molecular formula is C24H28ClN5O5. The molecule has 2 aromatic rings. The molecule has 0 saturated carbocycles. The van der Waals surface area contributed by atoms with Gasteiger partial charge in [0.1, 0.15) is 18.1 Å². The van der Waals surface area contributed by atoms with Gasteiger partial charge in [0.15, 0.2) is 0 Å². The van der Waals surface area contributed by atoms with Crippen LogP contribution in [0.1, 0.15) is 15.9 Å². The number of methoxy groups -OCH3 is 1. The number of nitrogens with zero attached hydrogens (tertiary/aromatic N) is 3. The number of para-hydroxylation sites is 1. The van der Waals surface area contributed by atoms with Crippen molar-refractivity contribution in [1.29, 1.82) is 0 Å². The molecule has 1 atom stereocenters. The van der Waals surface area contributed by atoms with Crippen molar-refractivity contribution in [3.8, 4) is 5.75 Å². The molecule has 3 rings (SSSR count). The van der Waals surface area contributed by atoms with Crippen LogP contribution in [0.4, 0.5) is 5.69 Å². The van der Waals surface area contributed by atoms with E-state index in [4.69, 9.17) is 16.3 Å². The smallest absolute Gasteiger partial charge is 0.337 e. The van der Waals surface area contributed by atoms with Gasteiger partial charge in [0.05, 0.1) is 37.4 Å². The fourth-order valence-electron chi connectivity index (χ4n) is 3.79. The average molecular weight is 502 g/mol. The monoisotopic (exact) mass is 501 g/mol. The highest BCUT2D eigenvalue weighted by Gasteiger charge is 2.31. The van der Waals surface area contributed by atoms with Gasteiger partial charge in [-0.25, -0.2) is 9.80 Å². The van der Waals surface area contributed by atoms with Crippen LogP contribution in [0.25, 0.3) is 0 Å². The van der Waals surface area contributed by atoms with Crippen molar-refractivity contribution >= 4 is 40.9 Å². The highest BCUT2D eigenvalue weighted by atomic mass is 35.5. The second-order valence-corrected chi connectivity index (χ2v) is 8.68. The van der Waals surface area contributed by atoms with E-state index in [0.717, 1.165) is 5.56 Å². The SMILES string of the molecule is COc1ccc(Cl)cc1C[C@@H]1CN=C(NN(C)C)CN(CC(=O)Nc2ccccc2C(=O)O)C1=O. The molecule has 0 spiro atoms. The molecule has 2 amide bonds. The number of anilines is 1. The van der Waals surface area contributed by atoms with Gasteiger partial charge in [-0.15, -0.1) is 0 Å². The maximum absolute atomic E-state index is 13.5. The molecule has 1 heterocycles. The van der Waals surface area contributed by atoms with E-state index in [2.05, 4.69) is 15.7 Å². The molecule has 0 aromatic heterocycles. The van der Waals surface area contributed by atoms with E-state index in [1.54, 1.807) is 56.5 Å². The van der Waals surface area contributed by atoms with Crippen molar-refractivity contribution in [3.05, 3.63) is 58.6 Å². The summed E-state index contributed by atoms with van der Waals surface area (Å²) in [5.41, 5.74) is 3.95. The van der Waals surface area contributed by atoms with Crippen LogP contribution < -0.4 is 15.5 Å². The number of carbonyl (C=O) groups excluding carboxylic acids is 2. The van der Waals surface area contributed by atoms with Crippen LogP contribution >= 0.6 is 11.6 Å². The van der Waals surface area contributed by atoms with Crippen LogP contribution in [0, 0.1) is 5.92 Å². The summed E-state index contributed by atoms with van der Waals surface area (Å²) in [5.74, 6) is -1.35. The lowest BCUT2D eigenvalue weighted by Gasteiger charge is -2.25. The van der Waals surface area contributed by atoms with Crippen molar-refractivity contribution in [3.63, 3.8) is 0 Å². The minimum absolute atomic E-state index is 0.0366. The molecule has 1 aliphatic rings. The number of carboxylic acids is 1. The highest BCUT2D eigenvalue weighted by Crippen LogP contribution is 2.27. The van der Waals surface area contributed by atoms with Crippen molar-refractivity contribution in [1.82, 2.24) is 15.3 Å². The van der Waals surface area contributed by atoms with E-state index in [-0.39, 0.29) is 36.8 Å². The number of amides is 2. The zero-order valence-corrected chi connectivity index (χ0v) is 20.5. The molecule has 0 radical (unpaired) electrons.